The van der Waals surface area contributed by atoms with Crippen LogP contribution in [0.4, 0.5) is 0 Å². The van der Waals surface area contributed by atoms with Crippen LogP contribution in [0.25, 0.3) is 110 Å². The lowest BCUT2D eigenvalue weighted by atomic mass is 10.1. The minimum Gasteiger partial charge on any atom is -0.456 e. The molecule has 0 aliphatic heterocycles. The van der Waals surface area contributed by atoms with Gasteiger partial charge in [-0.3, -0.25) is 8.97 Å². The number of hydrogen-bond acceptors (Lipinski definition) is 2. The van der Waals surface area contributed by atoms with Crippen molar-refractivity contribution in [2.75, 3.05) is 0 Å². The number of furan rings is 1. The molecule has 0 aliphatic rings. The van der Waals surface area contributed by atoms with E-state index >= 15 is 0 Å². The monoisotopic (exact) mass is 703 g/mol. The van der Waals surface area contributed by atoms with Gasteiger partial charge in [-0.05, 0) is 91.0 Å². The Kier molecular flexibility index (Phi) is 5.54. The highest BCUT2D eigenvalue weighted by molar-refractivity contribution is 6.17. The van der Waals surface area contributed by atoms with E-state index < -0.39 is 0 Å². The SMILES string of the molecule is c1ccc2c(c1)nc1n(-c3ccc4oc5ccc(-n6c7ccccc7c7c(-n8c9ccccc9c9ccccc98)cccc76)cc5c4c3)c3ccccc3n21. The second-order valence-electron chi connectivity index (χ2n) is 14.4. The van der Waals surface area contributed by atoms with Crippen molar-refractivity contribution in [1.82, 2.24) is 23.1 Å². The van der Waals surface area contributed by atoms with E-state index in [0.717, 1.165) is 72.2 Å². The van der Waals surface area contributed by atoms with Crippen molar-refractivity contribution in [1.29, 1.82) is 0 Å². The molecule has 0 atom stereocenters. The standard InChI is InChI=1S/C49H29N5O/c1-5-16-38-32(12-1)33-13-2-6-17-39(33)53(38)45-23-11-22-44-48(45)34-14-3-7-18-40(34)51(44)30-24-26-46-35(28-30)36-29-31(25-27-47(36)55-46)52-42-20-9-10-21-43(42)54-41-19-8-4-15-37(41)50-49(52)54/h1-29H. The van der Waals surface area contributed by atoms with Crippen LogP contribution in [0.1, 0.15) is 0 Å². The minimum absolute atomic E-state index is 0.854. The molecule has 0 N–H and O–H groups in total. The third-order valence-corrected chi connectivity index (χ3v) is 11.6. The van der Waals surface area contributed by atoms with E-state index in [-0.39, 0.29) is 0 Å². The maximum absolute atomic E-state index is 6.50. The van der Waals surface area contributed by atoms with Crippen molar-refractivity contribution in [2.24, 2.45) is 0 Å². The van der Waals surface area contributed by atoms with Crippen molar-refractivity contribution in [3.63, 3.8) is 0 Å². The first-order valence-corrected chi connectivity index (χ1v) is 18.6. The van der Waals surface area contributed by atoms with Crippen LogP contribution < -0.4 is 0 Å². The highest BCUT2D eigenvalue weighted by Crippen LogP contribution is 2.41. The third kappa shape index (κ3) is 3.79. The molecule has 0 aliphatic carbocycles. The number of hydrogen-bond donors (Lipinski definition) is 0. The van der Waals surface area contributed by atoms with Gasteiger partial charge in [-0.25, -0.2) is 4.98 Å². The highest BCUT2D eigenvalue weighted by atomic mass is 16.3. The summed E-state index contributed by atoms with van der Waals surface area (Å²) in [5, 5.41) is 7.08. The summed E-state index contributed by atoms with van der Waals surface area (Å²) in [7, 11) is 0. The van der Waals surface area contributed by atoms with E-state index in [0.29, 0.717) is 0 Å². The third-order valence-electron chi connectivity index (χ3n) is 11.6. The molecule has 0 spiro atoms. The number of benzene rings is 8. The summed E-state index contributed by atoms with van der Waals surface area (Å²) in [5.41, 5.74) is 14.0. The summed E-state index contributed by atoms with van der Waals surface area (Å²) in [6, 6.07) is 62.9. The molecule has 55 heavy (non-hydrogen) atoms. The van der Waals surface area contributed by atoms with Gasteiger partial charge in [0, 0.05) is 38.0 Å². The first-order valence-electron chi connectivity index (χ1n) is 18.6. The summed E-state index contributed by atoms with van der Waals surface area (Å²) < 4.78 is 15.9. The Morgan fingerprint density at radius 3 is 1.58 bits per heavy atom. The molecule has 5 heterocycles. The lowest BCUT2D eigenvalue weighted by Gasteiger charge is -2.11. The second kappa shape index (κ2) is 10.5. The zero-order chi connectivity index (χ0) is 35.8. The predicted octanol–water partition coefficient (Wildman–Crippen LogP) is 12.5. The summed E-state index contributed by atoms with van der Waals surface area (Å²) in [5.74, 6) is 0.888. The fraction of sp³-hybridized carbons (Fsp3) is 0. The Morgan fingerprint density at radius 1 is 0.364 bits per heavy atom. The van der Waals surface area contributed by atoms with E-state index in [9.17, 15) is 0 Å². The number of nitrogens with zero attached hydrogens (tertiary/aromatic N) is 5. The van der Waals surface area contributed by atoms with Gasteiger partial charge < -0.3 is 13.6 Å². The van der Waals surface area contributed by atoms with Crippen LogP contribution in [0.5, 0.6) is 0 Å². The van der Waals surface area contributed by atoms with Gasteiger partial charge in [0.05, 0.1) is 55.5 Å². The van der Waals surface area contributed by atoms with Gasteiger partial charge in [0.25, 0.3) is 0 Å². The molecule has 13 rings (SSSR count). The average molecular weight is 704 g/mol. The maximum Gasteiger partial charge on any atom is 0.220 e. The van der Waals surface area contributed by atoms with Crippen LogP contribution in [0.2, 0.25) is 0 Å². The van der Waals surface area contributed by atoms with Crippen LogP contribution >= 0.6 is 0 Å². The molecule has 13 aromatic rings. The molecule has 6 nitrogen and oxygen atoms in total. The number of fused-ring (bicyclic) bond motifs is 14. The van der Waals surface area contributed by atoms with Crippen molar-refractivity contribution < 1.29 is 4.42 Å². The molecule has 0 radical (unpaired) electrons. The van der Waals surface area contributed by atoms with Crippen LogP contribution in [-0.4, -0.2) is 23.1 Å². The van der Waals surface area contributed by atoms with Crippen molar-refractivity contribution in [3.8, 4) is 17.1 Å². The quantitative estimate of drug-likeness (QED) is 0.184. The molecule has 5 aromatic heterocycles. The summed E-state index contributed by atoms with van der Waals surface area (Å²) in [4.78, 5) is 5.12. The van der Waals surface area contributed by atoms with Gasteiger partial charge in [0.2, 0.25) is 5.78 Å². The molecule has 0 bridgehead atoms. The van der Waals surface area contributed by atoms with Gasteiger partial charge in [-0.2, -0.15) is 0 Å². The van der Waals surface area contributed by atoms with E-state index in [4.69, 9.17) is 9.40 Å². The molecule has 256 valence electrons. The zero-order valence-corrected chi connectivity index (χ0v) is 29.4. The molecular weight excluding hydrogens is 675 g/mol. The molecule has 0 fully saturated rings. The van der Waals surface area contributed by atoms with E-state index in [1.807, 2.05) is 6.07 Å². The minimum atomic E-state index is 0.854. The fourth-order valence-electron chi connectivity index (χ4n) is 9.28. The predicted molar refractivity (Wildman–Crippen MR) is 225 cm³/mol. The Labute approximate surface area is 312 Å². The van der Waals surface area contributed by atoms with Crippen LogP contribution in [0, 0.1) is 0 Å². The van der Waals surface area contributed by atoms with Gasteiger partial charge in [0.1, 0.15) is 11.2 Å². The molecule has 8 aromatic carbocycles. The van der Waals surface area contributed by atoms with E-state index in [1.165, 1.54) is 38.3 Å². The lowest BCUT2D eigenvalue weighted by molar-refractivity contribution is 0.669. The summed E-state index contributed by atoms with van der Waals surface area (Å²) in [6.45, 7) is 0. The summed E-state index contributed by atoms with van der Waals surface area (Å²) in [6.07, 6.45) is 0. The first kappa shape index (κ1) is 28.9. The molecule has 6 heteroatoms. The largest absolute Gasteiger partial charge is 0.456 e. The molecule has 0 amide bonds. The number of para-hydroxylation sites is 7. The first-order chi connectivity index (χ1) is 27.3. The smallest absolute Gasteiger partial charge is 0.220 e. The molecule has 0 unspecified atom stereocenters. The van der Waals surface area contributed by atoms with Crippen LogP contribution in [-0.2, 0) is 0 Å². The number of aromatic nitrogens is 5. The maximum atomic E-state index is 6.50. The van der Waals surface area contributed by atoms with Crippen molar-refractivity contribution in [3.05, 3.63) is 176 Å². The van der Waals surface area contributed by atoms with Crippen LogP contribution in [0.3, 0.4) is 0 Å². The van der Waals surface area contributed by atoms with Gasteiger partial charge in [0.15, 0.2) is 0 Å². The highest BCUT2D eigenvalue weighted by Gasteiger charge is 2.21. The fourth-order valence-corrected chi connectivity index (χ4v) is 9.28. The van der Waals surface area contributed by atoms with E-state index in [2.05, 4.69) is 188 Å². The summed E-state index contributed by atoms with van der Waals surface area (Å²) >= 11 is 0. The van der Waals surface area contributed by atoms with Gasteiger partial charge in [-0.1, -0.05) is 84.9 Å². The van der Waals surface area contributed by atoms with Crippen LogP contribution in [0.15, 0.2) is 180 Å². The lowest BCUT2D eigenvalue weighted by Crippen LogP contribution is -1.96. The Bertz CT molecular complexity index is 3680. The van der Waals surface area contributed by atoms with E-state index in [1.54, 1.807) is 0 Å². The zero-order valence-electron chi connectivity index (χ0n) is 29.4. The van der Waals surface area contributed by atoms with Gasteiger partial charge >= 0.3 is 0 Å². The number of rotatable bonds is 3. The second-order valence-corrected chi connectivity index (χ2v) is 14.4. The average Bonchev–Trinajstić information content (AvgIpc) is 4.03. The Hall–Kier alpha value is -7.57. The van der Waals surface area contributed by atoms with Gasteiger partial charge in [-0.15, -0.1) is 0 Å². The Morgan fingerprint density at radius 2 is 0.891 bits per heavy atom. The van der Waals surface area contributed by atoms with Crippen molar-refractivity contribution in [2.45, 2.75) is 0 Å². The topological polar surface area (TPSA) is 45.2 Å². The van der Waals surface area contributed by atoms with Crippen molar-refractivity contribution >= 4 is 93.4 Å². The normalized spacial score (nSPS) is 12.4. The molecule has 0 saturated heterocycles. The Balaban J connectivity index is 1.06. The molecular formula is C49H29N5O. The number of imidazole rings is 2. The molecule has 0 saturated carbocycles.